The normalized spacial score (nSPS) is 12.6. The van der Waals surface area contributed by atoms with Crippen LogP contribution in [0.3, 0.4) is 0 Å². The van der Waals surface area contributed by atoms with Crippen molar-refractivity contribution < 1.29 is 4.39 Å². The fraction of sp³-hybridized carbons (Fsp3) is 0.0588. The Morgan fingerprint density at radius 3 is 2.33 bits per heavy atom. The molecule has 0 spiro atoms. The largest absolute Gasteiger partial charge is 0.206 e. The molecule has 0 nitrogen and oxygen atoms in total. The van der Waals surface area contributed by atoms with E-state index in [1.165, 1.54) is 6.07 Å². The Bertz CT molecular complexity index is 817. The van der Waals surface area contributed by atoms with Gasteiger partial charge >= 0.3 is 0 Å². The van der Waals surface area contributed by atoms with Gasteiger partial charge in [-0.05, 0) is 40.8 Å². The molecule has 0 saturated carbocycles. The molecule has 0 aliphatic carbocycles. The highest BCUT2D eigenvalue weighted by atomic mass is 79.9. The molecule has 3 aromatic rings. The molecule has 1 atom stereocenters. The van der Waals surface area contributed by atoms with E-state index in [0.29, 0.717) is 5.39 Å². The van der Waals surface area contributed by atoms with E-state index in [4.69, 9.17) is 11.6 Å². The number of rotatable bonds is 2. The van der Waals surface area contributed by atoms with Crippen molar-refractivity contribution in [2.45, 2.75) is 5.38 Å². The van der Waals surface area contributed by atoms with Crippen molar-refractivity contribution in [3.63, 3.8) is 0 Å². The van der Waals surface area contributed by atoms with Crippen molar-refractivity contribution in [3.8, 4) is 0 Å². The van der Waals surface area contributed by atoms with Gasteiger partial charge in [0.1, 0.15) is 5.82 Å². The molecular weight excluding hydrogens is 418 g/mol. The van der Waals surface area contributed by atoms with Crippen LogP contribution in [0.5, 0.6) is 0 Å². The van der Waals surface area contributed by atoms with E-state index in [2.05, 4.69) is 31.9 Å². The van der Waals surface area contributed by atoms with Crippen molar-refractivity contribution in [2.24, 2.45) is 0 Å². The van der Waals surface area contributed by atoms with Gasteiger partial charge in [0.25, 0.3) is 0 Å². The first-order valence-corrected chi connectivity index (χ1v) is 8.36. The van der Waals surface area contributed by atoms with E-state index in [9.17, 15) is 4.39 Å². The molecule has 0 heterocycles. The van der Waals surface area contributed by atoms with Gasteiger partial charge in [0.15, 0.2) is 0 Å². The third kappa shape index (κ3) is 2.87. The molecule has 21 heavy (non-hydrogen) atoms. The summed E-state index contributed by atoms with van der Waals surface area (Å²) in [5.74, 6) is -0.230. The predicted octanol–water partition coefficient (Wildman–Crippen LogP) is 6.83. The predicted molar refractivity (Wildman–Crippen MR) is 93.4 cm³/mol. The lowest BCUT2D eigenvalue weighted by Crippen LogP contribution is -1.97. The highest BCUT2D eigenvalue weighted by molar-refractivity contribution is 9.11. The van der Waals surface area contributed by atoms with Crippen LogP contribution in [0.4, 0.5) is 4.39 Å². The summed E-state index contributed by atoms with van der Waals surface area (Å²) in [4.78, 5) is 0. The van der Waals surface area contributed by atoms with Crippen LogP contribution in [0.15, 0.2) is 63.5 Å². The summed E-state index contributed by atoms with van der Waals surface area (Å²) in [5, 5.41) is 1.07. The Kier molecular flexibility index (Phi) is 4.34. The molecule has 0 N–H and O–H groups in total. The molecular formula is C17H10Br2ClF. The molecule has 0 bridgehead atoms. The number of halogens is 4. The molecule has 3 aromatic carbocycles. The minimum Gasteiger partial charge on any atom is -0.206 e. The monoisotopic (exact) mass is 426 g/mol. The summed E-state index contributed by atoms with van der Waals surface area (Å²) < 4.78 is 15.8. The molecule has 0 fully saturated rings. The Hall–Kier alpha value is -0.900. The molecule has 0 aromatic heterocycles. The van der Waals surface area contributed by atoms with Crippen LogP contribution in [-0.4, -0.2) is 0 Å². The van der Waals surface area contributed by atoms with Gasteiger partial charge in [-0.1, -0.05) is 62.2 Å². The molecule has 4 heteroatoms. The highest BCUT2D eigenvalue weighted by Crippen LogP contribution is 2.38. The number of alkyl halides is 1. The van der Waals surface area contributed by atoms with Crippen LogP contribution in [0.2, 0.25) is 0 Å². The van der Waals surface area contributed by atoms with Crippen LogP contribution in [0.25, 0.3) is 10.8 Å². The third-order valence-corrected chi connectivity index (χ3v) is 5.09. The highest BCUT2D eigenvalue weighted by Gasteiger charge is 2.18. The zero-order valence-corrected chi connectivity index (χ0v) is 14.7. The molecule has 0 aliphatic heterocycles. The second kappa shape index (κ2) is 6.07. The van der Waals surface area contributed by atoms with E-state index >= 15 is 0 Å². The second-order valence-corrected chi connectivity index (χ2v) is 6.92. The van der Waals surface area contributed by atoms with Crippen molar-refractivity contribution in [1.29, 1.82) is 0 Å². The van der Waals surface area contributed by atoms with Crippen LogP contribution < -0.4 is 0 Å². The number of hydrogen-bond donors (Lipinski definition) is 0. The van der Waals surface area contributed by atoms with Gasteiger partial charge in [0.05, 0.1) is 5.38 Å². The maximum atomic E-state index is 13.9. The van der Waals surface area contributed by atoms with Gasteiger partial charge in [0, 0.05) is 14.3 Å². The zero-order chi connectivity index (χ0) is 15.0. The van der Waals surface area contributed by atoms with Crippen LogP contribution in [0.1, 0.15) is 16.5 Å². The zero-order valence-electron chi connectivity index (χ0n) is 10.8. The maximum Gasteiger partial charge on any atom is 0.131 e. The van der Waals surface area contributed by atoms with Crippen LogP contribution >= 0.6 is 43.5 Å². The summed E-state index contributed by atoms with van der Waals surface area (Å²) in [6, 6.07) is 16.5. The summed E-state index contributed by atoms with van der Waals surface area (Å²) in [6.07, 6.45) is 0. The molecule has 0 aliphatic rings. The van der Waals surface area contributed by atoms with Gasteiger partial charge in [0.2, 0.25) is 0 Å². The maximum absolute atomic E-state index is 13.9. The van der Waals surface area contributed by atoms with E-state index in [-0.39, 0.29) is 11.2 Å². The number of fused-ring (bicyclic) bond motifs is 1. The second-order valence-electron chi connectivity index (χ2n) is 4.71. The first-order chi connectivity index (χ1) is 10.1. The van der Waals surface area contributed by atoms with Crippen molar-refractivity contribution in [3.05, 3.63) is 80.5 Å². The Morgan fingerprint density at radius 2 is 1.57 bits per heavy atom. The van der Waals surface area contributed by atoms with Crippen molar-refractivity contribution >= 4 is 54.2 Å². The summed E-state index contributed by atoms with van der Waals surface area (Å²) in [7, 11) is 0. The van der Waals surface area contributed by atoms with E-state index < -0.39 is 0 Å². The lowest BCUT2D eigenvalue weighted by Gasteiger charge is -2.15. The van der Waals surface area contributed by atoms with E-state index in [1.54, 1.807) is 12.1 Å². The molecule has 0 amide bonds. The fourth-order valence-corrected chi connectivity index (χ4v) is 3.74. The van der Waals surface area contributed by atoms with Gasteiger partial charge in [-0.3, -0.25) is 0 Å². The quantitative estimate of drug-likeness (QED) is 0.392. The summed E-state index contributed by atoms with van der Waals surface area (Å²) in [6.45, 7) is 0. The van der Waals surface area contributed by atoms with E-state index in [1.807, 2.05) is 36.4 Å². The van der Waals surface area contributed by atoms with Gasteiger partial charge < -0.3 is 0 Å². The first-order valence-electron chi connectivity index (χ1n) is 6.34. The summed E-state index contributed by atoms with van der Waals surface area (Å²) in [5.41, 5.74) is 1.84. The fourth-order valence-electron chi connectivity index (χ4n) is 2.38. The molecule has 0 radical (unpaired) electrons. The Labute approximate surface area is 144 Å². The molecule has 0 saturated heterocycles. The smallest absolute Gasteiger partial charge is 0.131 e. The SMILES string of the molecule is Fc1ccc(C(Cl)c2cc(Br)ccc2Br)c2ccccc12. The Morgan fingerprint density at radius 1 is 0.857 bits per heavy atom. The van der Waals surface area contributed by atoms with Gasteiger partial charge in [-0.2, -0.15) is 0 Å². The number of hydrogen-bond acceptors (Lipinski definition) is 0. The standard InChI is InChI=1S/C17H10Br2ClF/c18-10-5-7-15(19)14(9-10)17(20)13-6-8-16(21)12-4-2-1-3-11(12)13/h1-9,17H. The van der Waals surface area contributed by atoms with Crippen molar-refractivity contribution in [2.75, 3.05) is 0 Å². The van der Waals surface area contributed by atoms with Crippen molar-refractivity contribution in [1.82, 2.24) is 0 Å². The molecule has 106 valence electrons. The Balaban J connectivity index is 2.20. The first kappa shape index (κ1) is 15.0. The van der Waals surface area contributed by atoms with Crippen LogP contribution in [-0.2, 0) is 0 Å². The average Bonchev–Trinajstić information content (AvgIpc) is 2.50. The topological polar surface area (TPSA) is 0 Å². The lowest BCUT2D eigenvalue weighted by molar-refractivity contribution is 0.639. The number of benzene rings is 3. The van der Waals surface area contributed by atoms with Gasteiger partial charge in [-0.25, -0.2) is 4.39 Å². The molecule has 3 rings (SSSR count). The average molecular weight is 429 g/mol. The summed E-state index contributed by atoms with van der Waals surface area (Å²) >= 11 is 13.7. The molecule has 1 unspecified atom stereocenters. The minimum absolute atomic E-state index is 0.230. The van der Waals surface area contributed by atoms with E-state index in [0.717, 1.165) is 25.5 Å². The third-order valence-electron chi connectivity index (χ3n) is 3.41. The van der Waals surface area contributed by atoms with Crippen LogP contribution in [0, 0.1) is 5.82 Å². The lowest BCUT2D eigenvalue weighted by atomic mass is 9.97. The van der Waals surface area contributed by atoms with Gasteiger partial charge in [-0.15, -0.1) is 11.6 Å². The minimum atomic E-state index is -0.359.